The number of esters is 1. The third-order valence-electron chi connectivity index (χ3n) is 6.22. The SMILES string of the molecule is CN1OC(CCC(=O)OC2CC2)Cn2nc3c(c2C1=O)CN(C(=O)Nc1ccc(F)c(Cl)c1)CC3. The molecule has 2 aromatic rings. The van der Waals surface area contributed by atoms with Crippen LogP contribution >= 0.6 is 11.6 Å². The van der Waals surface area contributed by atoms with Crippen molar-refractivity contribution in [3.63, 3.8) is 0 Å². The lowest BCUT2D eigenvalue weighted by molar-refractivity contribution is -0.158. The molecule has 35 heavy (non-hydrogen) atoms. The lowest BCUT2D eigenvalue weighted by Gasteiger charge is -2.27. The number of benzene rings is 1. The van der Waals surface area contributed by atoms with Crippen molar-refractivity contribution < 1.29 is 28.3 Å². The monoisotopic (exact) mass is 505 g/mol. The number of rotatable bonds is 5. The summed E-state index contributed by atoms with van der Waals surface area (Å²) in [7, 11) is 1.53. The van der Waals surface area contributed by atoms with Crippen molar-refractivity contribution in [2.24, 2.45) is 0 Å². The second-order valence-electron chi connectivity index (χ2n) is 8.94. The highest BCUT2D eigenvalue weighted by atomic mass is 35.5. The first-order chi connectivity index (χ1) is 16.8. The molecule has 3 heterocycles. The predicted octanol–water partition coefficient (Wildman–Crippen LogP) is 3.14. The van der Waals surface area contributed by atoms with Crippen LogP contribution in [0.5, 0.6) is 0 Å². The molecule has 1 aromatic carbocycles. The highest BCUT2D eigenvalue weighted by Gasteiger charge is 2.36. The lowest BCUT2D eigenvalue weighted by Crippen LogP contribution is -2.39. The average molecular weight is 506 g/mol. The molecule has 5 rings (SSSR count). The van der Waals surface area contributed by atoms with Crippen LogP contribution in [0.15, 0.2) is 18.2 Å². The number of nitrogens with one attached hydrogen (secondary N) is 1. The Kier molecular flexibility index (Phi) is 6.37. The van der Waals surface area contributed by atoms with Gasteiger partial charge in [-0.25, -0.2) is 14.2 Å². The fourth-order valence-corrected chi connectivity index (χ4v) is 4.43. The first kappa shape index (κ1) is 23.6. The van der Waals surface area contributed by atoms with Crippen LogP contribution in [-0.4, -0.2) is 63.5 Å². The second kappa shape index (κ2) is 9.46. The summed E-state index contributed by atoms with van der Waals surface area (Å²) < 4.78 is 20.3. The minimum atomic E-state index is -0.571. The molecule has 12 heteroatoms. The van der Waals surface area contributed by atoms with E-state index in [4.69, 9.17) is 21.2 Å². The zero-order valence-corrected chi connectivity index (χ0v) is 19.9. The third-order valence-corrected chi connectivity index (χ3v) is 6.51. The van der Waals surface area contributed by atoms with E-state index < -0.39 is 18.0 Å². The van der Waals surface area contributed by atoms with Gasteiger partial charge in [0.2, 0.25) is 0 Å². The molecule has 3 aliphatic rings. The minimum Gasteiger partial charge on any atom is -0.462 e. The predicted molar refractivity (Wildman–Crippen MR) is 122 cm³/mol. The molecule has 186 valence electrons. The van der Waals surface area contributed by atoms with Crippen molar-refractivity contribution >= 4 is 35.2 Å². The number of ether oxygens (including phenoxy) is 1. The van der Waals surface area contributed by atoms with Crippen LogP contribution in [0.25, 0.3) is 0 Å². The van der Waals surface area contributed by atoms with E-state index in [0.29, 0.717) is 42.9 Å². The molecule has 1 saturated carbocycles. The van der Waals surface area contributed by atoms with E-state index in [0.717, 1.165) is 23.6 Å². The summed E-state index contributed by atoms with van der Waals surface area (Å²) in [5.74, 6) is -1.20. The summed E-state index contributed by atoms with van der Waals surface area (Å²) >= 11 is 5.81. The Morgan fingerprint density at radius 3 is 2.89 bits per heavy atom. The van der Waals surface area contributed by atoms with Crippen molar-refractivity contribution in [1.29, 1.82) is 0 Å². The van der Waals surface area contributed by atoms with E-state index in [-0.39, 0.29) is 36.0 Å². The Hall–Kier alpha value is -3.18. The first-order valence-electron chi connectivity index (χ1n) is 11.5. The van der Waals surface area contributed by atoms with Gasteiger partial charge in [-0.15, -0.1) is 0 Å². The molecule has 0 radical (unpaired) electrons. The quantitative estimate of drug-likeness (QED) is 0.626. The van der Waals surface area contributed by atoms with Gasteiger partial charge in [-0.1, -0.05) is 11.6 Å². The molecule has 1 atom stereocenters. The summed E-state index contributed by atoms with van der Waals surface area (Å²) in [4.78, 5) is 45.3. The van der Waals surface area contributed by atoms with E-state index >= 15 is 0 Å². The van der Waals surface area contributed by atoms with Gasteiger partial charge in [0.05, 0.1) is 23.8 Å². The summed E-state index contributed by atoms with van der Waals surface area (Å²) in [6, 6.07) is 3.56. The molecular weight excluding hydrogens is 481 g/mol. The minimum absolute atomic E-state index is 0.0476. The van der Waals surface area contributed by atoms with E-state index in [1.807, 2.05) is 0 Å². The summed E-state index contributed by atoms with van der Waals surface area (Å²) in [6.07, 6.45) is 2.51. The van der Waals surface area contributed by atoms with Crippen LogP contribution in [0.1, 0.15) is 47.4 Å². The molecule has 1 unspecified atom stereocenters. The molecule has 2 aliphatic heterocycles. The van der Waals surface area contributed by atoms with E-state index in [2.05, 4.69) is 10.4 Å². The van der Waals surface area contributed by atoms with E-state index in [1.165, 1.54) is 25.2 Å². The Balaban J connectivity index is 1.29. The van der Waals surface area contributed by atoms with Crippen molar-refractivity contribution in [1.82, 2.24) is 19.7 Å². The van der Waals surface area contributed by atoms with E-state index in [1.54, 1.807) is 9.58 Å². The van der Waals surface area contributed by atoms with Crippen LogP contribution in [0.3, 0.4) is 0 Å². The van der Waals surface area contributed by atoms with Gasteiger partial charge in [-0.05, 0) is 37.5 Å². The molecule has 0 bridgehead atoms. The van der Waals surface area contributed by atoms with Crippen molar-refractivity contribution in [2.45, 2.75) is 57.4 Å². The lowest BCUT2D eigenvalue weighted by atomic mass is 10.1. The van der Waals surface area contributed by atoms with Gasteiger partial charge < -0.3 is 15.0 Å². The average Bonchev–Trinajstić information content (AvgIpc) is 3.58. The number of hydroxylamine groups is 2. The smallest absolute Gasteiger partial charge is 0.322 e. The number of aromatic nitrogens is 2. The Labute approximate surface area is 205 Å². The van der Waals surface area contributed by atoms with Crippen LogP contribution in [-0.2, 0) is 33.9 Å². The first-order valence-corrected chi connectivity index (χ1v) is 11.9. The molecule has 1 aliphatic carbocycles. The number of urea groups is 1. The van der Waals surface area contributed by atoms with Gasteiger partial charge in [-0.2, -0.15) is 5.10 Å². The Bertz CT molecular complexity index is 1180. The number of carbonyl (C=O) groups excluding carboxylic acids is 3. The number of hydrogen-bond donors (Lipinski definition) is 1. The highest BCUT2D eigenvalue weighted by Crippen LogP contribution is 2.28. The third kappa shape index (κ3) is 5.10. The molecule has 10 nitrogen and oxygen atoms in total. The number of hydrogen-bond acceptors (Lipinski definition) is 6. The molecular formula is C23H25ClFN5O5. The number of anilines is 1. The Morgan fingerprint density at radius 2 is 2.14 bits per heavy atom. The molecule has 1 fully saturated rings. The molecule has 0 saturated heterocycles. The summed E-state index contributed by atoms with van der Waals surface area (Å²) in [5.41, 5.74) is 2.16. The van der Waals surface area contributed by atoms with Crippen molar-refractivity contribution in [2.75, 3.05) is 18.9 Å². The second-order valence-corrected chi connectivity index (χ2v) is 9.35. The number of nitrogens with zero attached hydrogens (tertiary/aromatic N) is 4. The highest BCUT2D eigenvalue weighted by molar-refractivity contribution is 6.31. The van der Waals surface area contributed by atoms with Crippen LogP contribution in [0.4, 0.5) is 14.9 Å². The fourth-order valence-electron chi connectivity index (χ4n) is 4.25. The maximum absolute atomic E-state index is 13.4. The number of amides is 3. The van der Waals surface area contributed by atoms with Crippen LogP contribution < -0.4 is 5.32 Å². The molecule has 3 amide bonds. The van der Waals surface area contributed by atoms with Gasteiger partial charge in [0.15, 0.2) is 0 Å². The maximum Gasteiger partial charge on any atom is 0.322 e. The fraction of sp³-hybridized carbons (Fsp3) is 0.478. The summed E-state index contributed by atoms with van der Waals surface area (Å²) in [6.45, 7) is 0.889. The normalized spacial score (nSPS) is 19.6. The molecule has 0 spiro atoms. The van der Waals surface area contributed by atoms with E-state index in [9.17, 15) is 18.8 Å². The van der Waals surface area contributed by atoms with Crippen LogP contribution in [0.2, 0.25) is 5.02 Å². The number of halogens is 2. The van der Waals surface area contributed by atoms with Crippen molar-refractivity contribution in [3.8, 4) is 0 Å². The standard InChI is InChI=1S/C23H25ClFN5O5/c1-28-22(32)21-16-12-29(23(33)26-13-2-6-18(25)17(24)10-13)9-8-19(16)27-30(21)11-15(35-28)5-7-20(31)34-14-3-4-14/h2,6,10,14-15H,3-5,7-9,11-12H2,1H3,(H,26,33). The topological polar surface area (TPSA) is 106 Å². The largest absolute Gasteiger partial charge is 0.462 e. The molecule has 1 N–H and O–H groups in total. The van der Waals surface area contributed by atoms with Gasteiger partial charge in [0, 0.05) is 37.7 Å². The zero-order valence-electron chi connectivity index (χ0n) is 19.1. The van der Waals surface area contributed by atoms with Gasteiger partial charge in [-0.3, -0.25) is 19.1 Å². The zero-order chi connectivity index (χ0) is 24.7. The van der Waals surface area contributed by atoms with Gasteiger partial charge >= 0.3 is 12.0 Å². The van der Waals surface area contributed by atoms with Gasteiger partial charge in [0.1, 0.15) is 23.7 Å². The Morgan fingerprint density at radius 1 is 1.34 bits per heavy atom. The van der Waals surface area contributed by atoms with Crippen molar-refractivity contribution in [3.05, 3.63) is 46.0 Å². The van der Waals surface area contributed by atoms with Gasteiger partial charge in [0.25, 0.3) is 5.91 Å². The maximum atomic E-state index is 13.4. The summed E-state index contributed by atoms with van der Waals surface area (Å²) in [5, 5.41) is 8.41. The van der Waals surface area contributed by atoms with Crippen LogP contribution in [0, 0.1) is 5.82 Å². The molecule has 1 aromatic heterocycles. The number of carbonyl (C=O) groups is 3. The number of fused-ring (bicyclic) bond motifs is 3.